The van der Waals surface area contributed by atoms with Crippen LogP contribution in [-0.4, -0.2) is 56.5 Å². The topological polar surface area (TPSA) is 114 Å². The summed E-state index contributed by atoms with van der Waals surface area (Å²) in [6.45, 7) is 6.52. The molecule has 1 aliphatic heterocycles. The lowest BCUT2D eigenvalue weighted by molar-refractivity contribution is -0.137. The highest BCUT2D eigenvalue weighted by Crippen LogP contribution is 2.38. The third kappa shape index (κ3) is 7.22. The summed E-state index contributed by atoms with van der Waals surface area (Å²) >= 11 is 0. The molecule has 1 fully saturated rings. The molecule has 4 aromatic rings. The number of aromatic nitrogens is 2. The Morgan fingerprint density at radius 1 is 0.932 bits per heavy atom. The van der Waals surface area contributed by atoms with Crippen molar-refractivity contribution in [2.75, 3.05) is 48.6 Å². The SMILES string of the molecule is CC(C)c1ccccc1-c1cc(Oc2cc(N3CCN(C)CC3)cc(C(F)(F)F)c2)nc(NS(=O)(=O)c2cccc(N)c2)n1. The number of alkyl halides is 3. The van der Waals surface area contributed by atoms with Crippen molar-refractivity contribution in [1.29, 1.82) is 0 Å². The minimum atomic E-state index is -4.62. The number of anilines is 3. The van der Waals surface area contributed by atoms with Crippen molar-refractivity contribution >= 4 is 27.3 Å². The van der Waals surface area contributed by atoms with Gasteiger partial charge in [-0.15, -0.1) is 0 Å². The molecule has 5 rings (SSSR count). The molecule has 0 atom stereocenters. The Morgan fingerprint density at radius 3 is 2.34 bits per heavy atom. The van der Waals surface area contributed by atoms with Gasteiger partial charge < -0.3 is 20.3 Å². The lowest BCUT2D eigenvalue weighted by Gasteiger charge is -2.34. The van der Waals surface area contributed by atoms with Crippen LogP contribution < -0.4 is 20.1 Å². The zero-order valence-electron chi connectivity index (χ0n) is 24.5. The van der Waals surface area contributed by atoms with Crippen molar-refractivity contribution in [3.8, 4) is 22.9 Å². The third-order valence-corrected chi connectivity index (χ3v) is 8.59. The monoisotopic (exact) mass is 626 g/mol. The second kappa shape index (κ2) is 12.3. The van der Waals surface area contributed by atoms with E-state index in [1.54, 1.807) is 6.07 Å². The van der Waals surface area contributed by atoms with Crippen LogP contribution in [0.1, 0.15) is 30.9 Å². The van der Waals surface area contributed by atoms with E-state index >= 15 is 0 Å². The highest BCUT2D eigenvalue weighted by atomic mass is 32.2. The zero-order valence-corrected chi connectivity index (χ0v) is 25.3. The van der Waals surface area contributed by atoms with Crippen LogP contribution >= 0.6 is 0 Å². The molecule has 0 unspecified atom stereocenters. The standard InChI is InChI=1S/C31H33F3N6O3S/c1-20(2)26-9-4-5-10-27(26)28-19-29(37-30(36-28)38-44(41,42)25-8-6-7-22(35)17-25)43-24-16-21(31(32,33)34)15-23(18-24)40-13-11-39(3)12-14-40/h4-10,15-20H,11-14,35H2,1-3H3,(H,36,37,38). The average molecular weight is 627 g/mol. The Bertz CT molecular complexity index is 1760. The zero-order chi connectivity index (χ0) is 31.6. The van der Waals surface area contributed by atoms with Gasteiger partial charge in [0.15, 0.2) is 0 Å². The first-order chi connectivity index (χ1) is 20.8. The summed E-state index contributed by atoms with van der Waals surface area (Å²) in [7, 11) is -2.21. The molecule has 3 N–H and O–H groups in total. The summed E-state index contributed by atoms with van der Waals surface area (Å²) in [4.78, 5) is 12.6. The molecule has 0 bridgehead atoms. The van der Waals surface area contributed by atoms with Crippen LogP contribution in [0, 0.1) is 0 Å². The first kappa shape index (κ1) is 31.1. The van der Waals surface area contributed by atoms with E-state index in [2.05, 4.69) is 19.6 Å². The van der Waals surface area contributed by atoms with E-state index in [1.165, 1.54) is 30.3 Å². The number of benzene rings is 3. The van der Waals surface area contributed by atoms with Crippen LogP contribution in [-0.2, 0) is 16.2 Å². The molecule has 0 aliphatic carbocycles. The summed E-state index contributed by atoms with van der Waals surface area (Å²) < 4.78 is 76.7. The summed E-state index contributed by atoms with van der Waals surface area (Å²) in [5.41, 5.74) is 7.49. The molecule has 1 saturated heterocycles. The highest BCUT2D eigenvalue weighted by Gasteiger charge is 2.32. The molecule has 13 heteroatoms. The van der Waals surface area contributed by atoms with E-state index in [-0.39, 0.29) is 34.1 Å². The second-order valence-electron chi connectivity index (χ2n) is 10.9. The van der Waals surface area contributed by atoms with Gasteiger partial charge in [-0.05, 0) is 48.9 Å². The molecule has 0 amide bonds. The van der Waals surface area contributed by atoms with E-state index in [1.807, 2.05) is 50.1 Å². The number of nitrogen functional groups attached to an aromatic ring is 1. The summed E-state index contributed by atoms with van der Waals surface area (Å²) in [5.74, 6) is -0.458. The maximum Gasteiger partial charge on any atom is 0.416 e. The minimum absolute atomic E-state index is 0.0904. The predicted molar refractivity (Wildman–Crippen MR) is 164 cm³/mol. The molecule has 232 valence electrons. The van der Waals surface area contributed by atoms with Gasteiger partial charge in [-0.3, -0.25) is 0 Å². The molecule has 9 nitrogen and oxygen atoms in total. The third-order valence-electron chi connectivity index (χ3n) is 7.26. The number of nitrogens with one attached hydrogen (secondary N) is 1. The highest BCUT2D eigenvalue weighted by molar-refractivity contribution is 7.92. The van der Waals surface area contributed by atoms with Crippen molar-refractivity contribution in [2.24, 2.45) is 0 Å². The van der Waals surface area contributed by atoms with E-state index in [4.69, 9.17) is 10.5 Å². The van der Waals surface area contributed by atoms with Crippen LogP contribution in [0.15, 0.2) is 77.7 Å². The van der Waals surface area contributed by atoms with Crippen molar-refractivity contribution < 1.29 is 26.3 Å². The van der Waals surface area contributed by atoms with Crippen LogP contribution in [0.3, 0.4) is 0 Å². The van der Waals surface area contributed by atoms with Crippen LogP contribution in [0.2, 0.25) is 0 Å². The molecule has 0 spiro atoms. The molecule has 0 radical (unpaired) electrons. The first-order valence-corrected chi connectivity index (χ1v) is 15.5. The fourth-order valence-electron chi connectivity index (χ4n) is 4.93. The summed E-state index contributed by atoms with van der Waals surface area (Å²) in [5, 5.41) is 0. The maximum atomic E-state index is 14.0. The fourth-order valence-corrected chi connectivity index (χ4v) is 5.93. The molecule has 0 saturated carbocycles. The van der Waals surface area contributed by atoms with Gasteiger partial charge in [0.05, 0.1) is 16.2 Å². The Kier molecular flexibility index (Phi) is 8.71. The Labute approximate surface area is 254 Å². The largest absolute Gasteiger partial charge is 0.439 e. The van der Waals surface area contributed by atoms with E-state index in [9.17, 15) is 21.6 Å². The Morgan fingerprint density at radius 2 is 1.66 bits per heavy atom. The average Bonchev–Trinajstić information content (AvgIpc) is 2.96. The fraction of sp³-hybridized carbons (Fsp3) is 0.290. The van der Waals surface area contributed by atoms with Gasteiger partial charge >= 0.3 is 6.18 Å². The maximum absolute atomic E-state index is 14.0. The quantitative estimate of drug-likeness (QED) is 0.222. The van der Waals surface area contributed by atoms with Crippen LogP contribution in [0.4, 0.5) is 30.5 Å². The van der Waals surface area contributed by atoms with Crippen molar-refractivity contribution in [2.45, 2.75) is 30.8 Å². The number of likely N-dealkylation sites (N-methyl/N-ethyl adjacent to an activating group) is 1. The number of nitrogens with two attached hydrogens (primary N) is 1. The number of hydrogen-bond acceptors (Lipinski definition) is 8. The number of piperazine rings is 1. The number of hydrogen-bond donors (Lipinski definition) is 2. The molecule has 44 heavy (non-hydrogen) atoms. The van der Waals surface area contributed by atoms with Gasteiger partial charge in [0.2, 0.25) is 11.8 Å². The van der Waals surface area contributed by atoms with Gasteiger partial charge in [0, 0.05) is 55.2 Å². The van der Waals surface area contributed by atoms with E-state index in [0.717, 1.165) is 17.7 Å². The van der Waals surface area contributed by atoms with Gasteiger partial charge in [-0.2, -0.15) is 18.2 Å². The lowest BCUT2D eigenvalue weighted by Crippen LogP contribution is -2.44. The number of ether oxygens (including phenoxy) is 1. The molecular weight excluding hydrogens is 593 g/mol. The van der Waals surface area contributed by atoms with Gasteiger partial charge in [-0.1, -0.05) is 44.2 Å². The predicted octanol–water partition coefficient (Wildman–Crippen LogP) is 6.21. The summed E-state index contributed by atoms with van der Waals surface area (Å²) in [6.07, 6.45) is -4.62. The van der Waals surface area contributed by atoms with Gasteiger partial charge in [0.1, 0.15) is 5.75 Å². The molecule has 2 heterocycles. The van der Waals surface area contributed by atoms with E-state index in [0.29, 0.717) is 43.1 Å². The second-order valence-corrected chi connectivity index (χ2v) is 12.6. The molecule has 3 aromatic carbocycles. The van der Waals surface area contributed by atoms with Crippen molar-refractivity contribution in [1.82, 2.24) is 14.9 Å². The van der Waals surface area contributed by atoms with Crippen molar-refractivity contribution in [3.05, 3.63) is 83.9 Å². The van der Waals surface area contributed by atoms with Gasteiger partial charge in [0.25, 0.3) is 10.0 Å². The first-order valence-electron chi connectivity index (χ1n) is 14.0. The minimum Gasteiger partial charge on any atom is -0.439 e. The van der Waals surface area contributed by atoms with Crippen LogP contribution in [0.5, 0.6) is 11.6 Å². The normalized spacial score (nSPS) is 14.6. The number of nitrogens with zero attached hydrogens (tertiary/aromatic N) is 4. The van der Waals surface area contributed by atoms with Gasteiger partial charge in [-0.25, -0.2) is 18.1 Å². The van der Waals surface area contributed by atoms with Crippen molar-refractivity contribution in [3.63, 3.8) is 0 Å². The lowest BCUT2D eigenvalue weighted by atomic mass is 9.95. The molecule has 1 aliphatic rings. The number of sulfonamides is 1. The Hall–Kier alpha value is -4.36. The molecular formula is C31H33F3N6O3S. The van der Waals surface area contributed by atoms with E-state index < -0.39 is 21.8 Å². The smallest absolute Gasteiger partial charge is 0.416 e. The number of rotatable bonds is 8. The van der Waals surface area contributed by atoms with Crippen LogP contribution in [0.25, 0.3) is 11.3 Å². The number of halogens is 3. The molecule has 1 aromatic heterocycles. The summed E-state index contributed by atoms with van der Waals surface area (Å²) in [6, 6.07) is 18.2. The Balaban J connectivity index is 1.59.